The van der Waals surface area contributed by atoms with Crippen LogP contribution < -0.4 is 4.57 Å². The van der Waals surface area contributed by atoms with Crippen LogP contribution in [0.3, 0.4) is 0 Å². The molecule has 1 aliphatic carbocycles. The van der Waals surface area contributed by atoms with E-state index in [1.54, 1.807) is 5.56 Å². The Morgan fingerprint density at radius 2 is 1.34 bits per heavy atom. The van der Waals surface area contributed by atoms with Gasteiger partial charge in [0.05, 0.1) is 0 Å². The third-order valence-electron chi connectivity index (χ3n) is 6.06. The average Bonchev–Trinajstić information content (AvgIpc) is 2.89. The van der Waals surface area contributed by atoms with E-state index in [9.17, 15) is 0 Å². The molecule has 2 aromatic rings. The molecule has 0 saturated heterocycles. The molecule has 0 atom stereocenters. The summed E-state index contributed by atoms with van der Waals surface area (Å²) < 4.78 is 2.76. The first-order valence-corrected chi connectivity index (χ1v) is 13.5. The van der Waals surface area contributed by atoms with Crippen LogP contribution in [0.15, 0.2) is 30.3 Å². The predicted molar refractivity (Wildman–Crippen MR) is 132 cm³/mol. The number of rotatable bonds is 2. The first-order valence-electron chi connectivity index (χ1n) is 11.0. The molecular weight excluding hydrogens is 366 g/mol. The summed E-state index contributed by atoms with van der Waals surface area (Å²) in [4.78, 5) is 0. The van der Waals surface area contributed by atoms with E-state index in [1.165, 1.54) is 33.5 Å². The molecule has 29 heavy (non-hydrogen) atoms. The molecule has 0 aliphatic heterocycles. The number of fused-ring (bicyclic) bond motifs is 3. The van der Waals surface area contributed by atoms with Crippen molar-refractivity contribution in [3.05, 3.63) is 52.6 Å². The lowest BCUT2D eigenvalue weighted by atomic mass is 9.82. The molecule has 2 aromatic carbocycles. The summed E-state index contributed by atoms with van der Waals surface area (Å²) in [6, 6.07) is 12.0. The molecule has 2 heteroatoms. The molecule has 1 radical (unpaired) electrons. The second-order valence-electron chi connectivity index (χ2n) is 12.0. The molecular formula is C27H40NSi. The highest BCUT2D eigenvalue weighted by Gasteiger charge is 2.35. The van der Waals surface area contributed by atoms with E-state index in [4.69, 9.17) is 0 Å². The minimum atomic E-state index is -0.669. The van der Waals surface area contributed by atoms with Crippen LogP contribution in [-0.2, 0) is 17.3 Å². The summed E-state index contributed by atoms with van der Waals surface area (Å²) in [7, 11) is -0.669. The van der Waals surface area contributed by atoms with Crippen LogP contribution in [0.2, 0.25) is 13.1 Å². The van der Waals surface area contributed by atoms with Crippen LogP contribution in [0.5, 0.6) is 0 Å². The molecule has 1 aliphatic rings. The molecule has 0 spiro atoms. The Hall–Kier alpha value is -1.54. The third-order valence-corrected chi connectivity index (χ3v) is 7.85. The molecule has 0 aromatic heterocycles. The maximum Gasteiger partial charge on any atom is 0.163 e. The molecule has 1 nitrogen and oxygen atoms in total. The van der Waals surface area contributed by atoms with Crippen LogP contribution in [-0.4, -0.2) is 14.5 Å². The Morgan fingerprint density at radius 1 is 0.759 bits per heavy atom. The Kier molecular flexibility index (Phi) is 5.35. The van der Waals surface area contributed by atoms with E-state index in [1.807, 2.05) is 0 Å². The molecule has 157 valence electrons. The fraction of sp³-hybridized carbons (Fsp3) is 0.556. The van der Waals surface area contributed by atoms with Crippen molar-refractivity contribution in [3.8, 4) is 11.1 Å². The normalized spacial score (nSPS) is 14.2. The molecule has 3 rings (SSSR count). The molecule has 0 amide bonds. The summed E-state index contributed by atoms with van der Waals surface area (Å²) in [5, 5.41) is 0. The van der Waals surface area contributed by atoms with Crippen LogP contribution in [0, 0.1) is 0 Å². The molecule has 0 saturated carbocycles. The minimum absolute atomic E-state index is 0.109. The highest BCUT2D eigenvalue weighted by molar-refractivity contribution is 6.60. The maximum atomic E-state index is 2.76. The van der Waals surface area contributed by atoms with Gasteiger partial charge in [0.15, 0.2) is 8.96 Å². The molecule has 0 N–H and O–H groups in total. The summed E-state index contributed by atoms with van der Waals surface area (Å²) in [5.74, 6) is 0. The molecule has 0 fully saturated rings. The van der Waals surface area contributed by atoms with Gasteiger partial charge in [0.2, 0.25) is 0 Å². The minimum Gasteiger partial charge on any atom is -0.393 e. The van der Waals surface area contributed by atoms with Gasteiger partial charge in [-0.25, -0.2) is 0 Å². The molecule has 0 bridgehead atoms. The first-order chi connectivity index (χ1) is 13.1. The number of benzene rings is 2. The van der Waals surface area contributed by atoms with Crippen molar-refractivity contribution in [3.63, 3.8) is 0 Å². The number of nitrogens with zero attached hydrogens (tertiary/aromatic N) is 1. The van der Waals surface area contributed by atoms with Crippen molar-refractivity contribution in [2.75, 3.05) is 4.57 Å². The van der Waals surface area contributed by atoms with E-state index in [2.05, 4.69) is 110 Å². The van der Waals surface area contributed by atoms with Gasteiger partial charge < -0.3 is 4.57 Å². The zero-order valence-corrected chi connectivity index (χ0v) is 21.5. The quantitative estimate of drug-likeness (QED) is 0.394. The molecule has 0 unspecified atom stereocenters. The van der Waals surface area contributed by atoms with Gasteiger partial charge in [0.1, 0.15) is 0 Å². The standard InChI is InChI=1S/C27H40NSi/c1-25(2,3)19-12-13-20-18(16-19)17-22-21(20)14-15-23(26(4,5)6)24(22)28(29(10)11)27(7,8)9/h12-16H,17H2,1-11H3. The Bertz CT molecular complexity index is 917. The lowest BCUT2D eigenvalue weighted by Crippen LogP contribution is -2.50. The SMILES string of the molecule is C[Si](C)N(c1c(C(C)(C)C)ccc2c1Cc1cc(C(C)(C)C)ccc1-2)C(C)(C)C. The summed E-state index contributed by atoms with van der Waals surface area (Å²) in [5.41, 5.74) is 10.8. The van der Waals surface area contributed by atoms with Crippen molar-refractivity contribution >= 4 is 14.6 Å². The fourth-order valence-corrected chi connectivity index (χ4v) is 6.86. The fourth-order valence-electron chi connectivity index (χ4n) is 4.82. The van der Waals surface area contributed by atoms with Gasteiger partial charge >= 0.3 is 0 Å². The van der Waals surface area contributed by atoms with Crippen molar-refractivity contribution < 1.29 is 0 Å². The smallest absolute Gasteiger partial charge is 0.163 e. The van der Waals surface area contributed by atoms with Crippen molar-refractivity contribution in [2.24, 2.45) is 0 Å². The van der Waals surface area contributed by atoms with Crippen LogP contribution >= 0.6 is 0 Å². The second-order valence-corrected chi connectivity index (χ2v) is 14.3. The largest absolute Gasteiger partial charge is 0.393 e. The van der Waals surface area contributed by atoms with Crippen LogP contribution in [0.25, 0.3) is 11.1 Å². The first kappa shape index (κ1) is 22.1. The monoisotopic (exact) mass is 406 g/mol. The van der Waals surface area contributed by atoms with E-state index < -0.39 is 8.96 Å². The lowest BCUT2D eigenvalue weighted by Gasteiger charge is -2.44. The van der Waals surface area contributed by atoms with Gasteiger partial charge in [0, 0.05) is 17.6 Å². The topological polar surface area (TPSA) is 3.24 Å². The van der Waals surface area contributed by atoms with Gasteiger partial charge in [-0.05, 0) is 65.0 Å². The number of anilines is 1. The lowest BCUT2D eigenvalue weighted by molar-refractivity contribution is 0.554. The van der Waals surface area contributed by atoms with Crippen LogP contribution in [0.1, 0.15) is 84.6 Å². The summed E-state index contributed by atoms with van der Waals surface area (Å²) >= 11 is 0. The predicted octanol–water partition coefficient (Wildman–Crippen LogP) is 7.71. The van der Waals surface area contributed by atoms with Gasteiger partial charge in [0.25, 0.3) is 0 Å². The summed E-state index contributed by atoms with van der Waals surface area (Å²) in [6.07, 6.45) is 1.05. The van der Waals surface area contributed by atoms with E-state index in [0.29, 0.717) is 0 Å². The van der Waals surface area contributed by atoms with Gasteiger partial charge in [-0.3, -0.25) is 0 Å². The zero-order valence-electron chi connectivity index (χ0n) is 20.5. The maximum absolute atomic E-state index is 2.76. The van der Waals surface area contributed by atoms with Crippen LogP contribution in [0.4, 0.5) is 5.69 Å². The Labute approximate surface area is 181 Å². The second kappa shape index (κ2) is 7.01. The van der Waals surface area contributed by atoms with Gasteiger partial charge in [-0.15, -0.1) is 0 Å². The molecule has 0 heterocycles. The summed E-state index contributed by atoms with van der Waals surface area (Å²) in [6.45, 7) is 26.0. The highest BCUT2D eigenvalue weighted by atomic mass is 28.3. The Morgan fingerprint density at radius 3 is 1.83 bits per heavy atom. The zero-order chi connectivity index (χ0) is 21.9. The van der Waals surface area contributed by atoms with Gasteiger partial charge in [-0.2, -0.15) is 0 Å². The van der Waals surface area contributed by atoms with Crippen molar-refractivity contribution in [2.45, 2.75) is 98.2 Å². The van der Waals surface area contributed by atoms with E-state index in [-0.39, 0.29) is 16.4 Å². The van der Waals surface area contributed by atoms with Crippen molar-refractivity contribution in [1.29, 1.82) is 0 Å². The number of hydrogen-bond donors (Lipinski definition) is 0. The third kappa shape index (κ3) is 4.06. The van der Waals surface area contributed by atoms with E-state index in [0.717, 1.165) is 6.42 Å². The highest BCUT2D eigenvalue weighted by Crippen LogP contribution is 2.48. The average molecular weight is 407 g/mol. The van der Waals surface area contributed by atoms with Crippen molar-refractivity contribution in [1.82, 2.24) is 0 Å². The van der Waals surface area contributed by atoms with E-state index >= 15 is 0 Å². The van der Waals surface area contributed by atoms with Gasteiger partial charge in [-0.1, -0.05) is 85.0 Å². The Balaban J connectivity index is 2.28. The number of hydrogen-bond acceptors (Lipinski definition) is 1.